The van der Waals surface area contributed by atoms with Gasteiger partial charge in [-0.1, -0.05) is 25.1 Å². The molecule has 1 aromatic carbocycles. The molecule has 1 aromatic heterocycles. The minimum Gasteiger partial charge on any atom is -0.477 e. The first-order valence-corrected chi connectivity index (χ1v) is 6.77. The van der Waals surface area contributed by atoms with Crippen LogP contribution in [0.5, 0.6) is 5.88 Å². The molecule has 2 aromatic rings. The van der Waals surface area contributed by atoms with E-state index in [0.29, 0.717) is 5.16 Å². The number of rotatable bonds is 4. The molecule has 0 unspecified atom stereocenters. The smallest absolute Gasteiger partial charge is 0.339 e. The molecule has 0 radical (unpaired) electrons. The molecule has 0 saturated heterocycles. The average molecular weight is 263 g/mol. The standard InChI is InChI=1S/C13H14N2O2S/c1-2-8-18-13-14-11(16)9-12(17)15(13)10-6-4-3-5-7-10/h3-7,9H,2,8H2,1H3,(H,16,17)/p+1. The summed E-state index contributed by atoms with van der Waals surface area (Å²) in [5.74, 6) is 0.829. The van der Waals surface area contributed by atoms with Gasteiger partial charge in [0.25, 0.3) is 5.88 Å². The van der Waals surface area contributed by atoms with E-state index in [1.165, 1.54) is 17.8 Å². The number of thioether (sulfide) groups is 1. The Morgan fingerprint density at radius 1 is 1.33 bits per heavy atom. The van der Waals surface area contributed by atoms with E-state index in [1.807, 2.05) is 30.3 Å². The quantitative estimate of drug-likeness (QED) is 0.503. The Kier molecular flexibility index (Phi) is 4.04. The highest BCUT2D eigenvalue weighted by Gasteiger charge is 2.18. The van der Waals surface area contributed by atoms with Crippen LogP contribution in [0.1, 0.15) is 13.3 Å². The van der Waals surface area contributed by atoms with Gasteiger partial charge < -0.3 is 5.11 Å². The largest absolute Gasteiger partial charge is 0.477 e. The molecule has 0 fully saturated rings. The predicted octanol–water partition coefficient (Wildman–Crippen LogP) is 1.86. The first kappa shape index (κ1) is 12.7. The van der Waals surface area contributed by atoms with Crippen molar-refractivity contribution < 1.29 is 9.67 Å². The maximum atomic E-state index is 11.4. The van der Waals surface area contributed by atoms with E-state index >= 15 is 0 Å². The van der Waals surface area contributed by atoms with Gasteiger partial charge in [-0.05, 0) is 30.3 Å². The molecule has 0 atom stereocenters. The van der Waals surface area contributed by atoms with Gasteiger partial charge in [0.1, 0.15) is 11.8 Å². The molecule has 18 heavy (non-hydrogen) atoms. The maximum Gasteiger partial charge on any atom is 0.339 e. The highest BCUT2D eigenvalue weighted by molar-refractivity contribution is 7.99. The van der Waals surface area contributed by atoms with Crippen LogP contribution in [0.15, 0.2) is 46.3 Å². The Bertz CT molecular complexity index is 581. The highest BCUT2D eigenvalue weighted by Crippen LogP contribution is 2.15. The number of hydrogen-bond donors (Lipinski definition) is 2. The third-order valence-corrected chi connectivity index (χ3v) is 3.55. The average Bonchev–Trinajstić information content (AvgIpc) is 2.36. The van der Waals surface area contributed by atoms with E-state index < -0.39 is 0 Å². The summed E-state index contributed by atoms with van der Waals surface area (Å²) in [6, 6.07) is 10.6. The minimum atomic E-state index is -0.293. The summed E-state index contributed by atoms with van der Waals surface area (Å²) in [7, 11) is 0. The van der Waals surface area contributed by atoms with E-state index in [9.17, 15) is 9.90 Å². The second-order valence-electron chi connectivity index (χ2n) is 3.82. The Labute approximate surface area is 109 Å². The van der Waals surface area contributed by atoms with Crippen LogP contribution >= 0.6 is 11.8 Å². The highest BCUT2D eigenvalue weighted by atomic mass is 32.2. The van der Waals surface area contributed by atoms with E-state index in [1.54, 1.807) is 4.57 Å². The van der Waals surface area contributed by atoms with Crippen molar-refractivity contribution in [2.45, 2.75) is 18.5 Å². The monoisotopic (exact) mass is 263 g/mol. The summed E-state index contributed by atoms with van der Waals surface area (Å²) < 4.78 is 1.64. The van der Waals surface area contributed by atoms with Gasteiger partial charge in [-0.3, -0.25) is 0 Å². The zero-order valence-electron chi connectivity index (χ0n) is 10.1. The van der Waals surface area contributed by atoms with E-state index in [-0.39, 0.29) is 11.4 Å². The second kappa shape index (κ2) is 5.73. The van der Waals surface area contributed by atoms with Crippen LogP contribution in [0.2, 0.25) is 0 Å². The zero-order chi connectivity index (χ0) is 13.0. The normalized spacial score (nSPS) is 10.5. The fraction of sp³-hybridized carbons (Fsp3) is 0.231. The molecule has 0 bridgehead atoms. The zero-order valence-corrected chi connectivity index (χ0v) is 10.9. The van der Waals surface area contributed by atoms with Gasteiger partial charge in [-0.25, -0.2) is 4.79 Å². The molecular weight excluding hydrogens is 248 g/mol. The topological polar surface area (TPSA) is 57.0 Å². The summed E-state index contributed by atoms with van der Waals surface area (Å²) in [6.45, 7) is 2.07. The molecule has 1 heterocycles. The Balaban J connectivity index is 2.54. The van der Waals surface area contributed by atoms with Crippen molar-refractivity contribution in [1.82, 2.24) is 4.98 Å². The third kappa shape index (κ3) is 2.73. The van der Waals surface area contributed by atoms with Crippen molar-refractivity contribution in [2.24, 2.45) is 0 Å². The number of nitrogens with zero attached hydrogens (tertiary/aromatic N) is 1. The van der Waals surface area contributed by atoms with Crippen molar-refractivity contribution in [1.29, 1.82) is 0 Å². The number of aromatic nitrogens is 2. The molecule has 0 spiro atoms. The molecule has 2 rings (SSSR count). The first-order valence-electron chi connectivity index (χ1n) is 5.79. The fourth-order valence-electron chi connectivity index (χ4n) is 1.61. The molecule has 5 heteroatoms. The van der Waals surface area contributed by atoms with Crippen LogP contribution in [-0.2, 0) is 0 Å². The lowest BCUT2D eigenvalue weighted by Crippen LogP contribution is -2.37. The molecule has 0 amide bonds. The van der Waals surface area contributed by atoms with Crippen LogP contribution < -0.4 is 10.1 Å². The molecular formula is C13H15N2O2S+. The fourth-order valence-corrected chi connectivity index (χ4v) is 2.51. The second-order valence-corrected chi connectivity index (χ2v) is 4.90. The van der Waals surface area contributed by atoms with Gasteiger partial charge in [0.05, 0.1) is 0 Å². The molecule has 0 aliphatic carbocycles. The molecule has 0 aliphatic heterocycles. The lowest BCUT2D eigenvalue weighted by atomic mass is 10.3. The summed E-state index contributed by atoms with van der Waals surface area (Å²) in [5.41, 5.74) is 0.531. The van der Waals surface area contributed by atoms with Gasteiger partial charge in [-0.2, -0.15) is 9.55 Å². The molecule has 0 saturated carbocycles. The minimum absolute atomic E-state index is 0.0523. The van der Waals surface area contributed by atoms with Gasteiger partial charge in [0.15, 0.2) is 0 Å². The van der Waals surface area contributed by atoms with Crippen LogP contribution in [0.25, 0.3) is 5.69 Å². The number of para-hydroxylation sites is 1. The van der Waals surface area contributed by atoms with Crippen molar-refractivity contribution in [2.75, 3.05) is 5.75 Å². The summed E-state index contributed by atoms with van der Waals surface area (Å²) in [4.78, 5) is 14.2. The SMILES string of the molecule is CCCSc1[nH]c(=O)cc(O)[n+]1-c1ccccc1. The van der Waals surface area contributed by atoms with Crippen molar-refractivity contribution in [3.63, 3.8) is 0 Å². The first-order chi connectivity index (χ1) is 8.72. The van der Waals surface area contributed by atoms with Crippen LogP contribution in [-0.4, -0.2) is 15.8 Å². The third-order valence-electron chi connectivity index (χ3n) is 2.38. The Morgan fingerprint density at radius 3 is 2.72 bits per heavy atom. The van der Waals surface area contributed by atoms with Crippen molar-refractivity contribution >= 4 is 11.8 Å². The number of H-pyrrole nitrogens is 1. The van der Waals surface area contributed by atoms with Crippen LogP contribution in [0.4, 0.5) is 0 Å². The summed E-state index contributed by atoms with van der Waals surface area (Å²) in [6.07, 6.45) is 0.997. The maximum absolute atomic E-state index is 11.4. The number of aromatic amines is 1. The number of nitrogens with one attached hydrogen (secondary N) is 1. The molecule has 4 nitrogen and oxygen atoms in total. The lowest BCUT2D eigenvalue weighted by Gasteiger charge is -2.05. The van der Waals surface area contributed by atoms with E-state index in [4.69, 9.17) is 0 Å². The number of hydrogen-bond acceptors (Lipinski definition) is 3. The summed E-state index contributed by atoms with van der Waals surface area (Å²) in [5, 5.41) is 10.6. The van der Waals surface area contributed by atoms with E-state index in [0.717, 1.165) is 17.9 Å². The van der Waals surface area contributed by atoms with Crippen molar-refractivity contribution in [3.05, 3.63) is 46.8 Å². The van der Waals surface area contributed by atoms with Gasteiger partial charge in [0, 0.05) is 5.75 Å². The number of aromatic hydroxyl groups is 1. The van der Waals surface area contributed by atoms with Crippen molar-refractivity contribution in [3.8, 4) is 11.6 Å². The Hall–Kier alpha value is -1.75. The van der Waals surface area contributed by atoms with Crippen LogP contribution in [0.3, 0.4) is 0 Å². The molecule has 2 N–H and O–H groups in total. The van der Waals surface area contributed by atoms with E-state index in [2.05, 4.69) is 11.9 Å². The molecule has 0 aliphatic rings. The molecule has 94 valence electrons. The Morgan fingerprint density at radius 2 is 2.06 bits per heavy atom. The van der Waals surface area contributed by atoms with Crippen LogP contribution in [0, 0.1) is 0 Å². The van der Waals surface area contributed by atoms with Gasteiger partial charge in [0.2, 0.25) is 0 Å². The summed E-state index contributed by atoms with van der Waals surface area (Å²) >= 11 is 1.52. The predicted molar refractivity (Wildman–Crippen MR) is 71.3 cm³/mol. The van der Waals surface area contributed by atoms with Gasteiger partial charge in [-0.15, -0.1) is 0 Å². The lowest BCUT2D eigenvalue weighted by molar-refractivity contribution is -0.648. The number of benzene rings is 1. The van der Waals surface area contributed by atoms with Gasteiger partial charge >= 0.3 is 10.7 Å².